The molecule has 2 rings (SSSR count). The Morgan fingerprint density at radius 1 is 1.53 bits per heavy atom. The van der Waals surface area contributed by atoms with Crippen LogP contribution in [0.25, 0.3) is 0 Å². The first-order valence-electron chi connectivity index (χ1n) is 6.42. The third kappa shape index (κ3) is 2.66. The standard InChI is InChI=1S/C14H19NO3S/c1-9-10-5-7-19-11(10)4-6-15(9)12(16)8-14(2,3)13(17)18/h5,7,9H,4,6,8H2,1-3H3,(H,17,18). The highest BCUT2D eigenvalue weighted by molar-refractivity contribution is 7.10. The predicted octanol–water partition coefficient (Wildman–Crippen LogP) is 2.69. The van der Waals surface area contributed by atoms with Crippen molar-refractivity contribution in [2.75, 3.05) is 6.54 Å². The van der Waals surface area contributed by atoms with E-state index < -0.39 is 11.4 Å². The van der Waals surface area contributed by atoms with Gasteiger partial charge >= 0.3 is 5.97 Å². The normalized spacial score (nSPS) is 19.1. The summed E-state index contributed by atoms with van der Waals surface area (Å²) in [5.41, 5.74) is 0.198. The molecule has 1 aromatic heterocycles. The molecule has 1 aromatic rings. The molecule has 1 aliphatic heterocycles. The van der Waals surface area contributed by atoms with Gasteiger partial charge in [-0.05, 0) is 44.2 Å². The number of carbonyl (C=O) groups is 2. The van der Waals surface area contributed by atoms with Gasteiger partial charge < -0.3 is 10.0 Å². The molecule has 2 heterocycles. The molecule has 1 aliphatic rings. The number of carbonyl (C=O) groups excluding carboxylic acids is 1. The first-order valence-corrected chi connectivity index (χ1v) is 7.30. The van der Waals surface area contributed by atoms with Crippen molar-refractivity contribution in [3.63, 3.8) is 0 Å². The van der Waals surface area contributed by atoms with Crippen LogP contribution < -0.4 is 0 Å². The van der Waals surface area contributed by atoms with E-state index >= 15 is 0 Å². The quantitative estimate of drug-likeness (QED) is 0.926. The van der Waals surface area contributed by atoms with E-state index in [2.05, 4.69) is 11.4 Å². The molecule has 0 saturated carbocycles. The third-order valence-electron chi connectivity index (χ3n) is 3.77. The predicted molar refractivity (Wildman–Crippen MR) is 74.2 cm³/mol. The number of hydrogen-bond donors (Lipinski definition) is 1. The molecule has 1 N–H and O–H groups in total. The average Bonchev–Trinajstić information content (AvgIpc) is 2.77. The molecule has 19 heavy (non-hydrogen) atoms. The molecular formula is C14H19NO3S. The summed E-state index contributed by atoms with van der Waals surface area (Å²) in [6, 6.07) is 2.11. The van der Waals surface area contributed by atoms with E-state index in [9.17, 15) is 9.59 Å². The van der Waals surface area contributed by atoms with Crippen molar-refractivity contribution in [3.05, 3.63) is 21.9 Å². The summed E-state index contributed by atoms with van der Waals surface area (Å²) in [5, 5.41) is 11.2. The molecule has 5 heteroatoms. The van der Waals surface area contributed by atoms with Gasteiger partial charge in [-0.1, -0.05) is 0 Å². The van der Waals surface area contributed by atoms with Gasteiger partial charge in [-0.25, -0.2) is 0 Å². The number of amides is 1. The highest BCUT2D eigenvalue weighted by Crippen LogP contribution is 2.34. The van der Waals surface area contributed by atoms with Crippen LogP contribution in [0.5, 0.6) is 0 Å². The van der Waals surface area contributed by atoms with Crippen LogP contribution in [0.2, 0.25) is 0 Å². The molecule has 1 unspecified atom stereocenters. The summed E-state index contributed by atoms with van der Waals surface area (Å²) in [6.45, 7) is 5.88. The second kappa shape index (κ2) is 4.96. The fraction of sp³-hybridized carbons (Fsp3) is 0.571. The fourth-order valence-corrected chi connectivity index (χ4v) is 3.37. The van der Waals surface area contributed by atoms with Crippen LogP contribution in [0.3, 0.4) is 0 Å². The molecule has 0 radical (unpaired) electrons. The Morgan fingerprint density at radius 3 is 2.84 bits per heavy atom. The lowest BCUT2D eigenvalue weighted by molar-refractivity contribution is -0.152. The Kier molecular flexibility index (Phi) is 3.67. The molecule has 0 aliphatic carbocycles. The van der Waals surface area contributed by atoms with Crippen LogP contribution in [0, 0.1) is 5.41 Å². The van der Waals surface area contributed by atoms with Crippen LogP contribution in [-0.4, -0.2) is 28.4 Å². The van der Waals surface area contributed by atoms with Crippen LogP contribution in [0.15, 0.2) is 11.4 Å². The fourth-order valence-electron chi connectivity index (χ4n) is 2.41. The topological polar surface area (TPSA) is 57.6 Å². The summed E-state index contributed by atoms with van der Waals surface area (Å²) in [6.07, 6.45) is 0.919. The maximum absolute atomic E-state index is 12.3. The average molecular weight is 281 g/mol. The van der Waals surface area contributed by atoms with Crippen LogP contribution in [0.4, 0.5) is 0 Å². The maximum atomic E-state index is 12.3. The van der Waals surface area contributed by atoms with E-state index in [1.807, 2.05) is 6.92 Å². The monoisotopic (exact) mass is 281 g/mol. The summed E-state index contributed by atoms with van der Waals surface area (Å²) in [4.78, 5) is 26.6. The summed E-state index contributed by atoms with van der Waals surface area (Å²) < 4.78 is 0. The Bertz CT molecular complexity index is 507. The van der Waals surface area contributed by atoms with Crippen molar-refractivity contribution >= 4 is 23.2 Å². The second-order valence-electron chi connectivity index (χ2n) is 5.68. The number of nitrogens with zero attached hydrogens (tertiary/aromatic N) is 1. The molecule has 0 fully saturated rings. The number of fused-ring (bicyclic) bond motifs is 1. The van der Waals surface area contributed by atoms with Crippen molar-refractivity contribution in [2.24, 2.45) is 5.41 Å². The Hall–Kier alpha value is -1.36. The number of hydrogen-bond acceptors (Lipinski definition) is 3. The van der Waals surface area contributed by atoms with E-state index in [1.165, 1.54) is 10.4 Å². The Morgan fingerprint density at radius 2 is 2.21 bits per heavy atom. The summed E-state index contributed by atoms with van der Waals surface area (Å²) in [5.74, 6) is -1.00. The van der Waals surface area contributed by atoms with Gasteiger partial charge in [0.1, 0.15) is 0 Å². The number of rotatable bonds is 3. The number of aliphatic carboxylic acids is 1. The Balaban J connectivity index is 2.12. The largest absolute Gasteiger partial charge is 0.481 e. The van der Waals surface area contributed by atoms with E-state index in [0.717, 1.165) is 6.42 Å². The summed E-state index contributed by atoms with van der Waals surface area (Å²) >= 11 is 1.73. The van der Waals surface area contributed by atoms with Crippen LogP contribution in [0.1, 0.15) is 43.7 Å². The second-order valence-corrected chi connectivity index (χ2v) is 6.68. The SMILES string of the molecule is CC1c2ccsc2CCN1C(=O)CC(C)(C)C(=O)O. The highest BCUT2D eigenvalue weighted by atomic mass is 32.1. The molecule has 0 spiro atoms. The molecule has 4 nitrogen and oxygen atoms in total. The van der Waals surface area contributed by atoms with Crippen LogP contribution in [-0.2, 0) is 16.0 Å². The minimum atomic E-state index is -1.01. The van der Waals surface area contributed by atoms with E-state index in [0.29, 0.717) is 6.54 Å². The van der Waals surface area contributed by atoms with Gasteiger partial charge in [0, 0.05) is 17.8 Å². The molecule has 1 atom stereocenters. The van der Waals surface area contributed by atoms with Gasteiger partial charge in [0.2, 0.25) is 5.91 Å². The van der Waals surface area contributed by atoms with Crippen LogP contribution >= 0.6 is 11.3 Å². The van der Waals surface area contributed by atoms with Gasteiger partial charge in [0.15, 0.2) is 0 Å². The van der Waals surface area contributed by atoms with E-state index in [4.69, 9.17) is 5.11 Å². The molecule has 0 aromatic carbocycles. The minimum absolute atomic E-state index is 0.0478. The minimum Gasteiger partial charge on any atom is -0.481 e. The molecule has 104 valence electrons. The van der Waals surface area contributed by atoms with Crippen molar-refractivity contribution in [1.82, 2.24) is 4.90 Å². The van der Waals surface area contributed by atoms with E-state index in [-0.39, 0.29) is 18.4 Å². The first kappa shape index (κ1) is 14.1. The number of carboxylic acid groups (broad SMARTS) is 1. The smallest absolute Gasteiger partial charge is 0.309 e. The molecular weight excluding hydrogens is 262 g/mol. The zero-order chi connectivity index (χ0) is 14.2. The van der Waals surface area contributed by atoms with E-state index in [1.54, 1.807) is 30.1 Å². The van der Waals surface area contributed by atoms with Crippen molar-refractivity contribution < 1.29 is 14.7 Å². The van der Waals surface area contributed by atoms with Gasteiger partial charge in [-0.15, -0.1) is 11.3 Å². The highest BCUT2D eigenvalue weighted by Gasteiger charge is 2.35. The Labute approximate surface area is 117 Å². The van der Waals surface area contributed by atoms with Crippen molar-refractivity contribution in [2.45, 2.75) is 39.7 Å². The lowest BCUT2D eigenvalue weighted by atomic mass is 9.88. The van der Waals surface area contributed by atoms with Crippen molar-refractivity contribution in [1.29, 1.82) is 0 Å². The van der Waals surface area contributed by atoms with Gasteiger partial charge in [-0.2, -0.15) is 0 Å². The zero-order valence-corrected chi connectivity index (χ0v) is 12.3. The van der Waals surface area contributed by atoms with Gasteiger partial charge in [-0.3, -0.25) is 9.59 Å². The molecule has 1 amide bonds. The first-order chi connectivity index (χ1) is 8.83. The van der Waals surface area contributed by atoms with Gasteiger partial charge in [0.05, 0.1) is 11.5 Å². The number of carboxylic acids is 1. The third-order valence-corrected chi connectivity index (χ3v) is 4.77. The number of thiophene rings is 1. The summed E-state index contributed by atoms with van der Waals surface area (Å²) in [7, 11) is 0. The lowest BCUT2D eigenvalue weighted by Crippen LogP contribution is -2.41. The molecule has 0 saturated heterocycles. The maximum Gasteiger partial charge on any atom is 0.309 e. The lowest BCUT2D eigenvalue weighted by Gasteiger charge is -2.35. The van der Waals surface area contributed by atoms with Gasteiger partial charge in [0.25, 0.3) is 0 Å². The molecule has 0 bridgehead atoms. The van der Waals surface area contributed by atoms with Crippen molar-refractivity contribution in [3.8, 4) is 0 Å². The zero-order valence-electron chi connectivity index (χ0n) is 11.5.